The number of benzene rings is 2. The van der Waals surface area contributed by atoms with Crippen LogP contribution < -0.4 is 14.4 Å². The van der Waals surface area contributed by atoms with Gasteiger partial charge < -0.3 is 15.0 Å². The van der Waals surface area contributed by atoms with Crippen LogP contribution >= 0.6 is 0 Å². The van der Waals surface area contributed by atoms with Crippen LogP contribution in [0.4, 0.5) is 5.69 Å². The van der Waals surface area contributed by atoms with E-state index in [9.17, 15) is 18.0 Å². The average molecular weight is 517 g/mol. The third kappa shape index (κ3) is 6.76. The molecule has 0 aromatic heterocycles. The summed E-state index contributed by atoms with van der Waals surface area (Å²) in [6, 6.07) is 15.0. The SMILES string of the molecule is COc1cccc(CN(C(=O)CN(c2ccccc2)S(=O)(=O)N(C)C)[C@H](C)C(=O)NC2CCCC2)c1. The van der Waals surface area contributed by atoms with Crippen molar-refractivity contribution in [1.82, 2.24) is 14.5 Å². The largest absolute Gasteiger partial charge is 0.497 e. The number of para-hydroxylation sites is 1. The van der Waals surface area contributed by atoms with Gasteiger partial charge in [-0.25, -0.2) is 4.31 Å². The molecule has 1 N–H and O–H groups in total. The van der Waals surface area contributed by atoms with Crippen LogP contribution in [0.3, 0.4) is 0 Å². The second-order valence-corrected chi connectivity index (χ2v) is 11.2. The molecule has 3 rings (SSSR count). The maximum absolute atomic E-state index is 13.7. The highest BCUT2D eigenvalue weighted by molar-refractivity contribution is 7.90. The van der Waals surface area contributed by atoms with Gasteiger partial charge in [0.15, 0.2) is 0 Å². The van der Waals surface area contributed by atoms with E-state index in [4.69, 9.17) is 4.74 Å². The molecule has 0 saturated heterocycles. The van der Waals surface area contributed by atoms with Crippen molar-refractivity contribution in [2.45, 2.75) is 51.2 Å². The molecule has 36 heavy (non-hydrogen) atoms. The van der Waals surface area contributed by atoms with Gasteiger partial charge in [0.2, 0.25) is 11.8 Å². The molecule has 0 radical (unpaired) electrons. The highest BCUT2D eigenvalue weighted by Gasteiger charge is 2.33. The van der Waals surface area contributed by atoms with Gasteiger partial charge in [-0.2, -0.15) is 12.7 Å². The van der Waals surface area contributed by atoms with Gasteiger partial charge in [-0.05, 0) is 49.6 Å². The zero-order valence-electron chi connectivity index (χ0n) is 21.4. The Morgan fingerprint density at radius 2 is 1.72 bits per heavy atom. The fourth-order valence-electron chi connectivity index (χ4n) is 4.25. The molecule has 0 spiro atoms. The van der Waals surface area contributed by atoms with Crippen LogP contribution in [-0.2, 0) is 26.3 Å². The van der Waals surface area contributed by atoms with Crippen LogP contribution in [0, 0.1) is 0 Å². The molecule has 1 fully saturated rings. The van der Waals surface area contributed by atoms with Gasteiger partial charge in [0.25, 0.3) is 0 Å². The molecule has 2 amide bonds. The molecular weight excluding hydrogens is 480 g/mol. The predicted molar refractivity (Wildman–Crippen MR) is 140 cm³/mol. The maximum atomic E-state index is 13.7. The lowest BCUT2D eigenvalue weighted by Crippen LogP contribution is -2.53. The molecule has 1 aliphatic rings. The Morgan fingerprint density at radius 3 is 2.33 bits per heavy atom. The van der Waals surface area contributed by atoms with Crippen molar-refractivity contribution in [2.24, 2.45) is 0 Å². The van der Waals surface area contributed by atoms with E-state index in [1.165, 1.54) is 19.0 Å². The Morgan fingerprint density at radius 1 is 1.06 bits per heavy atom. The van der Waals surface area contributed by atoms with E-state index in [1.807, 2.05) is 12.1 Å². The van der Waals surface area contributed by atoms with Crippen LogP contribution in [0.2, 0.25) is 0 Å². The quantitative estimate of drug-likeness (QED) is 0.495. The van der Waals surface area contributed by atoms with Crippen LogP contribution in [0.15, 0.2) is 54.6 Å². The molecule has 0 unspecified atom stereocenters. The van der Waals surface area contributed by atoms with Crippen molar-refractivity contribution in [3.63, 3.8) is 0 Å². The Hall–Kier alpha value is -3.11. The molecule has 1 atom stereocenters. The zero-order valence-corrected chi connectivity index (χ0v) is 22.2. The van der Waals surface area contributed by atoms with Crippen LogP contribution in [0.25, 0.3) is 0 Å². The summed E-state index contributed by atoms with van der Waals surface area (Å²) >= 11 is 0. The summed E-state index contributed by atoms with van der Waals surface area (Å²) in [5, 5.41) is 3.06. The van der Waals surface area contributed by atoms with E-state index in [2.05, 4.69) is 5.32 Å². The maximum Gasteiger partial charge on any atom is 0.304 e. The smallest absolute Gasteiger partial charge is 0.304 e. The van der Waals surface area contributed by atoms with Gasteiger partial charge in [-0.1, -0.05) is 43.2 Å². The molecule has 10 heteroatoms. The molecule has 0 aliphatic heterocycles. The molecule has 2 aromatic rings. The molecular formula is C26H36N4O5S. The van der Waals surface area contributed by atoms with E-state index in [-0.39, 0.29) is 18.5 Å². The number of nitrogens with zero attached hydrogens (tertiary/aromatic N) is 3. The number of rotatable bonds is 11. The molecule has 1 aliphatic carbocycles. The topological polar surface area (TPSA) is 99.3 Å². The molecule has 2 aromatic carbocycles. The Balaban J connectivity index is 1.91. The van der Waals surface area contributed by atoms with Gasteiger partial charge in [-0.3, -0.25) is 9.59 Å². The first-order valence-corrected chi connectivity index (χ1v) is 13.5. The lowest BCUT2D eigenvalue weighted by Gasteiger charge is -2.33. The van der Waals surface area contributed by atoms with E-state index in [0.717, 1.165) is 39.9 Å². The van der Waals surface area contributed by atoms with Crippen LogP contribution in [-0.4, -0.2) is 69.3 Å². The summed E-state index contributed by atoms with van der Waals surface area (Å²) < 4.78 is 33.7. The third-order valence-corrected chi connectivity index (χ3v) is 8.24. The summed E-state index contributed by atoms with van der Waals surface area (Å²) in [5.41, 5.74) is 1.13. The van der Waals surface area contributed by atoms with Gasteiger partial charge >= 0.3 is 10.2 Å². The zero-order chi connectivity index (χ0) is 26.3. The number of anilines is 1. The Bertz CT molecular complexity index is 1130. The van der Waals surface area contributed by atoms with E-state index in [1.54, 1.807) is 56.5 Å². The summed E-state index contributed by atoms with van der Waals surface area (Å²) in [6.45, 7) is 1.35. The second-order valence-electron chi connectivity index (χ2n) is 9.17. The standard InChI is InChI=1S/C26H36N4O5S/c1-20(26(32)27-22-12-8-9-13-22)29(18-21-11-10-16-24(17-21)35-4)25(31)19-30(36(33,34)28(2)3)23-14-6-5-7-15-23/h5-7,10-11,14-17,20,22H,8-9,12-13,18-19H2,1-4H3,(H,27,32)/t20-/m1/s1. The summed E-state index contributed by atoms with van der Waals surface area (Å²) in [5.74, 6) is -0.106. The summed E-state index contributed by atoms with van der Waals surface area (Å²) in [4.78, 5) is 28.3. The lowest BCUT2D eigenvalue weighted by atomic mass is 10.1. The van der Waals surface area contributed by atoms with Crippen molar-refractivity contribution < 1.29 is 22.7 Å². The number of hydrogen-bond acceptors (Lipinski definition) is 5. The van der Waals surface area contributed by atoms with E-state index >= 15 is 0 Å². The first-order valence-electron chi connectivity index (χ1n) is 12.1. The highest BCUT2D eigenvalue weighted by atomic mass is 32.2. The minimum atomic E-state index is -3.97. The molecule has 196 valence electrons. The van der Waals surface area contributed by atoms with Gasteiger partial charge in [0, 0.05) is 26.7 Å². The highest BCUT2D eigenvalue weighted by Crippen LogP contribution is 2.22. The average Bonchev–Trinajstić information content (AvgIpc) is 3.38. The minimum Gasteiger partial charge on any atom is -0.497 e. The second kappa shape index (κ2) is 12.2. The number of amides is 2. The number of hydrogen-bond donors (Lipinski definition) is 1. The van der Waals surface area contributed by atoms with Crippen molar-refractivity contribution in [3.8, 4) is 5.75 Å². The molecule has 1 saturated carbocycles. The fourth-order valence-corrected chi connectivity index (χ4v) is 5.31. The van der Waals surface area contributed by atoms with Gasteiger partial charge in [0.05, 0.1) is 12.8 Å². The fraction of sp³-hybridized carbons (Fsp3) is 0.462. The van der Waals surface area contributed by atoms with Crippen LogP contribution in [0.1, 0.15) is 38.2 Å². The van der Waals surface area contributed by atoms with Gasteiger partial charge in [0.1, 0.15) is 18.3 Å². The van der Waals surface area contributed by atoms with E-state index in [0.29, 0.717) is 11.4 Å². The first-order chi connectivity index (χ1) is 17.1. The number of nitrogens with one attached hydrogen (secondary N) is 1. The third-order valence-electron chi connectivity index (χ3n) is 6.42. The van der Waals surface area contributed by atoms with Crippen LogP contribution in [0.5, 0.6) is 5.75 Å². The lowest BCUT2D eigenvalue weighted by molar-refractivity contribution is -0.139. The molecule has 0 bridgehead atoms. The van der Waals surface area contributed by atoms with Crippen molar-refractivity contribution in [1.29, 1.82) is 0 Å². The number of methoxy groups -OCH3 is 1. The Labute approximate surface area is 214 Å². The van der Waals surface area contributed by atoms with E-state index < -0.39 is 28.7 Å². The normalized spacial score (nSPS) is 14.9. The number of carbonyl (C=O) groups excluding carboxylic acids is 2. The monoisotopic (exact) mass is 516 g/mol. The van der Waals surface area contributed by atoms with Crippen molar-refractivity contribution in [3.05, 3.63) is 60.2 Å². The number of ether oxygens (including phenoxy) is 1. The number of carbonyl (C=O) groups is 2. The Kier molecular flexibility index (Phi) is 9.33. The summed E-state index contributed by atoms with van der Waals surface area (Å²) in [7, 11) is 0.425. The van der Waals surface area contributed by atoms with Crippen molar-refractivity contribution >= 4 is 27.7 Å². The van der Waals surface area contributed by atoms with Gasteiger partial charge in [-0.15, -0.1) is 0 Å². The predicted octanol–water partition coefficient (Wildman–Crippen LogP) is 2.78. The minimum absolute atomic E-state index is 0.101. The summed E-state index contributed by atoms with van der Waals surface area (Å²) in [6.07, 6.45) is 3.98. The molecule has 9 nitrogen and oxygen atoms in total. The molecule has 0 heterocycles. The first kappa shape index (κ1) is 27.5. The van der Waals surface area contributed by atoms with Crippen molar-refractivity contribution in [2.75, 3.05) is 32.1 Å².